The molecular formula is C23H28N6O3. The third-order valence-electron chi connectivity index (χ3n) is 5.36. The summed E-state index contributed by atoms with van der Waals surface area (Å²) >= 11 is 0. The fraction of sp³-hybridized carbons (Fsp3) is 0.391. The van der Waals surface area contributed by atoms with Gasteiger partial charge < -0.3 is 14.4 Å². The molecule has 0 aliphatic carbocycles. The van der Waals surface area contributed by atoms with E-state index < -0.39 is 0 Å². The highest BCUT2D eigenvalue weighted by Gasteiger charge is 2.19. The molecule has 4 rings (SSSR count). The lowest BCUT2D eigenvalue weighted by Gasteiger charge is -2.19. The normalized spacial score (nSPS) is 16.4. The number of aromatic nitrogens is 1. The van der Waals surface area contributed by atoms with E-state index in [0.717, 1.165) is 19.6 Å². The van der Waals surface area contributed by atoms with Crippen molar-refractivity contribution in [3.63, 3.8) is 0 Å². The van der Waals surface area contributed by atoms with Crippen molar-refractivity contribution < 1.29 is 14.3 Å². The second-order valence-corrected chi connectivity index (χ2v) is 7.55. The SMILES string of the molecule is COc1c(/N=C(/NC(=O)c2cccnc2)N2C=NCC2)cccc1OCCN1CCCC1. The van der Waals surface area contributed by atoms with E-state index in [1.54, 1.807) is 36.7 Å². The van der Waals surface area contributed by atoms with Crippen LogP contribution in [0.25, 0.3) is 0 Å². The molecule has 1 fully saturated rings. The summed E-state index contributed by atoms with van der Waals surface area (Å²) in [5.74, 6) is 1.22. The van der Waals surface area contributed by atoms with E-state index in [9.17, 15) is 4.79 Å². The second-order valence-electron chi connectivity index (χ2n) is 7.55. The summed E-state index contributed by atoms with van der Waals surface area (Å²) in [6.07, 6.45) is 7.31. The number of likely N-dealkylation sites (tertiary alicyclic amines) is 1. The van der Waals surface area contributed by atoms with E-state index in [-0.39, 0.29) is 5.91 Å². The van der Waals surface area contributed by atoms with Gasteiger partial charge in [0.05, 0.1) is 25.6 Å². The molecule has 1 N–H and O–H groups in total. The maximum absolute atomic E-state index is 12.7. The topological polar surface area (TPSA) is 91.6 Å². The van der Waals surface area contributed by atoms with Gasteiger partial charge in [0.2, 0.25) is 5.96 Å². The number of pyridine rings is 1. The quantitative estimate of drug-likeness (QED) is 0.529. The molecule has 1 saturated heterocycles. The third-order valence-corrected chi connectivity index (χ3v) is 5.36. The Balaban J connectivity index is 1.54. The highest BCUT2D eigenvalue weighted by atomic mass is 16.5. The second kappa shape index (κ2) is 10.7. The lowest BCUT2D eigenvalue weighted by atomic mass is 10.2. The summed E-state index contributed by atoms with van der Waals surface area (Å²) in [5.41, 5.74) is 1.01. The maximum atomic E-state index is 12.7. The monoisotopic (exact) mass is 436 g/mol. The number of aliphatic imine (C=N–C) groups is 2. The van der Waals surface area contributed by atoms with Gasteiger partial charge in [0.25, 0.3) is 5.91 Å². The molecule has 9 nitrogen and oxygen atoms in total. The zero-order valence-corrected chi connectivity index (χ0v) is 18.2. The van der Waals surface area contributed by atoms with Gasteiger partial charge in [-0.15, -0.1) is 0 Å². The molecule has 2 aliphatic rings. The van der Waals surface area contributed by atoms with Crippen LogP contribution in [0.4, 0.5) is 5.69 Å². The molecule has 1 aromatic carbocycles. The summed E-state index contributed by atoms with van der Waals surface area (Å²) in [7, 11) is 1.59. The number of methoxy groups -OCH3 is 1. The predicted octanol–water partition coefficient (Wildman–Crippen LogP) is 2.33. The fourth-order valence-electron chi connectivity index (χ4n) is 3.69. The molecule has 0 unspecified atom stereocenters. The summed E-state index contributed by atoms with van der Waals surface area (Å²) in [4.78, 5) is 29.9. The number of carbonyl (C=O) groups excluding carboxylic acids is 1. The van der Waals surface area contributed by atoms with Gasteiger partial charge in [0.15, 0.2) is 11.5 Å². The Morgan fingerprint density at radius 1 is 1.19 bits per heavy atom. The highest BCUT2D eigenvalue weighted by Crippen LogP contribution is 2.37. The summed E-state index contributed by atoms with van der Waals surface area (Å²) in [6, 6.07) is 8.98. The van der Waals surface area contributed by atoms with E-state index in [2.05, 4.69) is 20.2 Å². The van der Waals surface area contributed by atoms with E-state index in [1.165, 1.54) is 19.0 Å². The number of rotatable bonds is 7. The number of nitrogens with zero attached hydrogens (tertiary/aromatic N) is 5. The molecule has 3 heterocycles. The summed E-state index contributed by atoms with van der Waals surface area (Å²) in [5, 5.41) is 2.88. The predicted molar refractivity (Wildman–Crippen MR) is 123 cm³/mol. The first-order chi connectivity index (χ1) is 15.7. The van der Waals surface area contributed by atoms with E-state index in [1.807, 2.05) is 18.2 Å². The van der Waals surface area contributed by atoms with Gasteiger partial charge >= 0.3 is 0 Å². The number of para-hydroxylation sites is 1. The lowest BCUT2D eigenvalue weighted by Crippen LogP contribution is -2.42. The Hall–Kier alpha value is -3.46. The van der Waals surface area contributed by atoms with Crippen LogP contribution >= 0.6 is 0 Å². The van der Waals surface area contributed by atoms with Crippen molar-refractivity contribution in [2.45, 2.75) is 12.8 Å². The molecule has 2 aliphatic heterocycles. The Bertz CT molecular complexity index is 973. The number of carbonyl (C=O) groups is 1. The van der Waals surface area contributed by atoms with Gasteiger partial charge in [-0.05, 0) is 50.2 Å². The van der Waals surface area contributed by atoms with Crippen LogP contribution < -0.4 is 14.8 Å². The van der Waals surface area contributed by atoms with Crippen molar-refractivity contribution in [3.05, 3.63) is 48.3 Å². The number of guanidine groups is 1. The minimum atomic E-state index is -0.297. The van der Waals surface area contributed by atoms with Crippen LogP contribution in [0.15, 0.2) is 52.7 Å². The standard InChI is InChI=1S/C23H28N6O3/c1-31-21-19(7-4-8-20(21)32-15-14-28-11-2-3-12-28)26-23(29-13-10-25-17-29)27-22(30)18-6-5-9-24-16-18/h4-9,16-17H,2-3,10-15H2,1H3,(H,26,27,30). The molecule has 0 bridgehead atoms. The molecule has 0 radical (unpaired) electrons. The maximum Gasteiger partial charge on any atom is 0.259 e. The van der Waals surface area contributed by atoms with Crippen molar-refractivity contribution in [2.75, 3.05) is 46.4 Å². The van der Waals surface area contributed by atoms with Crippen LogP contribution in [0.1, 0.15) is 23.2 Å². The van der Waals surface area contributed by atoms with Crippen LogP contribution in [0, 0.1) is 0 Å². The van der Waals surface area contributed by atoms with Gasteiger partial charge in [0.1, 0.15) is 12.3 Å². The molecule has 1 aromatic heterocycles. The van der Waals surface area contributed by atoms with Crippen molar-refractivity contribution in [1.29, 1.82) is 0 Å². The van der Waals surface area contributed by atoms with Crippen LogP contribution in [0.5, 0.6) is 11.5 Å². The van der Waals surface area contributed by atoms with Crippen molar-refractivity contribution in [1.82, 2.24) is 20.1 Å². The summed E-state index contributed by atoms with van der Waals surface area (Å²) in [6.45, 7) is 4.98. The molecule has 168 valence electrons. The summed E-state index contributed by atoms with van der Waals surface area (Å²) < 4.78 is 11.6. The minimum Gasteiger partial charge on any atom is -0.491 e. The van der Waals surface area contributed by atoms with Gasteiger partial charge in [-0.25, -0.2) is 4.99 Å². The molecule has 0 saturated carbocycles. The van der Waals surface area contributed by atoms with Gasteiger partial charge in [-0.3, -0.25) is 25.0 Å². The zero-order chi connectivity index (χ0) is 22.2. The molecule has 2 aromatic rings. The Kier molecular flexibility index (Phi) is 7.29. The van der Waals surface area contributed by atoms with E-state index in [4.69, 9.17) is 14.5 Å². The molecule has 0 spiro atoms. The van der Waals surface area contributed by atoms with Crippen LogP contribution in [-0.2, 0) is 0 Å². The fourth-order valence-corrected chi connectivity index (χ4v) is 3.69. The Labute approximate surface area is 187 Å². The number of hydrogen-bond donors (Lipinski definition) is 1. The van der Waals surface area contributed by atoms with E-state index >= 15 is 0 Å². The number of hydrogen-bond acceptors (Lipinski definition) is 7. The van der Waals surface area contributed by atoms with Crippen molar-refractivity contribution in [2.24, 2.45) is 9.98 Å². The van der Waals surface area contributed by atoms with Gasteiger partial charge in [0, 0.05) is 25.5 Å². The minimum absolute atomic E-state index is 0.297. The smallest absolute Gasteiger partial charge is 0.259 e. The van der Waals surface area contributed by atoms with Crippen molar-refractivity contribution >= 4 is 23.9 Å². The first-order valence-electron chi connectivity index (χ1n) is 10.8. The number of nitrogens with one attached hydrogen (secondary N) is 1. The molecule has 9 heteroatoms. The van der Waals surface area contributed by atoms with Gasteiger partial charge in [-0.1, -0.05) is 6.07 Å². The average Bonchev–Trinajstić information content (AvgIpc) is 3.54. The van der Waals surface area contributed by atoms with Gasteiger partial charge in [-0.2, -0.15) is 0 Å². The largest absolute Gasteiger partial charge is 0.491 e. The van der Waals surface area contributed by atoms with Crippen LogP contribution in [-0.4, -0.2) is 79.4 Å². The number of amides is 1. The molecule has 0 atom stereocenters. The number of ether oxygens (including phenoxy) is 2. The molecular weight excluding hydrogens is 408 g/mol. The first kappa shape index (κ1) is 21.8. The third kappa shape index (κ3) is 5.42. The average molecular weight is 437 g/mol. The Morgan fingerprint density at radius 3 is 2.78 bits per heavy atom. The van der Waals surface area contributed by atoms with Crippen LogP contribution in [0.2, 0.25) is 0 Å². The molecule has 1 amide bonds. The molecule has 32 heavy (non-hydrogen) atoms. The van der Waals surface area contributed by atoms with Crippen LogP contribution in [0.3, 0.4) is 0 Å². The highest BCUT2D eigenvalue weighted by molar-refractivity contribution is 6.08. The van der Waals surface area contributed by atoms with Crippen molar-refractivity contribution in [3.8, 4) is 11.5 Å². The number of benzene rings is 1. The lowest BCUT2D eigenvalue weighted by molar-refractivity contribution is 0.0974. The van der Waals surface area contributed by atoms with E-state index in [0.29, 0.717) is 48.4 Å². The first-order valence-corrected chi connectivity index (χ1v) is 10.8. The Morgan fingerprint density at radius 2 is 2.06 bits per heavy atom. The zero-order valence-electron chi connectivity index (χ0n) is 18.2.